The average molecular weight is 398 g/mol. The Bertz CT molecular complexity index is 801. The highest BCUT2D eigenvalue weighted by atomic mass is 16.7. The highest BCUT2D eigenvalue weighted by Gasteiger charge is 2.42. The van der Waals surface area contributed by atoms with Crippen LogP contribution in [0, 0.1) is 5.41 Å². The molecule has 2 amide bonds. The van der Waals surface area contributed by atoms with Gasteiger partial charge in [0.1, 0.15) is 0 Å². The average Bonchev–Trinajstić information content (AvgIpc) is 2.75. The molecule has 0 unspecified atom stereocenters. The van der Waals surface area contributed by atoms with Gasteiger partial charge < -0.3 is 30.4 Å². The summed E-state index contributed by atoms with van der Waals surface area (Å²) in [6.07, 6.45) is -1.02. The first-order chi connectivity index (χ1) is 14.0. The third-order valence-corrected chi connectivity index (χ3v) is 5.10. The molecule has 8 nitrogen and oxygen atoms in total. The van der Waals surface area contributed by atoms with E-state index in [2.05, 4.69) is 0 Å². The third-order valence-electron chi connectivity index (χ3n) is 5.10. The predicted octanol–water partition coefficient (Wildman–Crippen LogP) is 1.66. The van der Waals surface area contributed by atoms with Gasteiger partial charge in [-0.15, -0.1) is 0 Å². The molecular weight excluding hydrogens is 376 g/mol. The van der Waals surface area contributed by atoms with Crippen molar-refractivity contribution in [3.63, 3.8) is 0 Å². The monoisotopic (exact) mass is 398 g/mol. The normalized spacial score (nSPS) is 26.9. The zero-order valence-electron chi connectivity index (χ0n) is 15.7. The fourth-order valence-corrected chi connectivity index (χ4v) is 3.35. The smallest absolute Gasteiger partial charge is 0.248 e. The van der Waals surface area contributed by atoms with E-state index in [-0.39, 0.29) is 5.41 Å². The standard InChI is InChI=1S/C21H22N2O6/c22-17(24)13-1-5-15(6-2-13)19-26-9-21(10-27-19)11-28-20(29-12-21)16-7-3-14(4-8-16)18(23)25/h1-8,19-20H,9-12H2,(H2,22,24)(H2,23,25). The maximum Gasteiger partial charge on any atom is 0.248 e. The first-order valence-electron chi connectivity index (χ1n) is 9.22. The van der Waals surface area contributed by atoms with E-state index in [0.29, 0.717) is 37.6 Å². The Kier molecular flexibility index (Phi) is 5.33. The summed E-state index contributed by atoms with van der Waals surface area (Å²) in [5, 5.41) is 0. The van der Waals surface area contributed by atoms with Crippen LogP contribution in [0.2, 0.25) is 0 Å². The number of carbonyl (C=O) groups excluding carboxylic acids is 2. The van der Waals surface area contributed by atoms with E-state index in [4.69, 9.17) is 30.4 Å². The second-order valence-corrected chi connectivity index (χ2v) is 7.38. The Morgan fingerprint density at radius 3 is 1.24 bits per heavy atom. The van der Waals surface area contributed by atoms with Crippen molar-refractivity contribution in [3.8, 4) is 0 Å². The van der Waals surface area contributed by atoms with Gasteiger partial charge in [0.05, 0.1) is 31.8 Å². The molecule has 2 fully saturated rings. The molecular formula is C21H22N2O6. The van der Waals surface area contributed by atoms with Crippen LogP contribution in [0.3, 0.4) is 0 Å². The van der Waals surface area contributed by atoms with E-state index in [0.717, 1.165) is 11.1 Å². The third kappa shape index (κ3) is 4.15. The number of benzene rings is 2. The Balaban J connectivity index is 1.33. The summed E-state index contributed by atoms with van der Waals surface area (Å²) in [5.74, 6) is -0.951. The number of carbonyl (C=O) groups is 2. The Morgan fingerprint density at radius 1 is 0.655 bits per heavy atom. The number of amides is 2. The van der Waals surface area contributed by atoms with Crippen molar-refractivity contribution in [1.82, 2.24) is 0 Å². The molecule has 0 radical (unpaired) electrons. The second-order valence-electron chi connectivity index (χ2n) is 7.38. The highest BCUT2D eigenvalue weighted by molar-refractivity contribution is 5.93. The molecule has 2 aromatic carbocycles. The summed E-state index contributed by atoms with van der Waals surface area (Å²) in [7, 11) is 0. The summed E-state index contributed by atoms with van der Waals surface area (Å²) in [6.45, 7) is 1.68. The maximum absolute atomic E-state index is 11.2. The van der Waals surface area contributed by atoms with Gasteiger partial charge in [-0.2, -0.15) is 0 Å². The van der Waals surface area contributed by atoms with Crippen LogP contribution in [-0.4, -0.2) is 38.2 Å². The lowest BCUT2D eigenvalue weighted by Gasteiger charge is -2.43. The minimum Gasteiger partial charge on any atom is -0.366 e. The lowest BCUT2D eigenvalue weighted by atomic mass is 9.90. The zero-order valence-corrected chi connectivity index (χ0v) is 15.7. The molecule has 152 valence electrons. The molecule has 0 bridgehead atoms. The van der Waals surface area contributed by atoms with Gasteiger partial charge >= 0.3 is 0 Å². The topological polar surface area (TPSA) is 123 Å². The second kappa shape index (κ2) is 7.92. The number of hydrogen-bond donors (Lipinski definition) is 2. The van der Waals surface area contributed by atoms with Crippen LogP contribution < -0.4 is 11.5 Å². The lowest BCUT2D eigenvalue weighted by molar-refractivity contribution is -0.307. The fraction of sp³-hybridized carbons (Fsp3) is 0.333. The van der Waals surface area contributed by atoms with Crippen LogP contribution in [0.25, 0.3) is 0 Å². The van der Waals surface area contributed by atoms with Crippen LogP contribution in [0.4, 0.5) is 0 Å². The number of ether oxygens (including phenoxy) is 4. The summed E-state index contributed by atoms with van der Waals surface area (Å²) in [4.78, 5) is 22.4. The molecule has 2 aromatic rings. The molecule has 8 heteroatoms. The van der Waals surface area contributed by atoms with Crippen LogP contribution in [0.15, 0.2) is 48.5 Å². The molecule has 0 atom stereocenters. The van der Waals surface area contributed by atoms with Crippen LogP contribution in [-0.2, 0) is 18.9 Å². The first-order valence-corrected chi connectivity index (χ1v) is 9.22. The summed E-state index contributed by atoms with van der Waals surface area (Å²) >= 11 is 0. The summed E-state index contributed by atoms with van der Waals surface area (Å²) in [6, 6.07) is 13.7. The molecule has 4 rings (SSSR count). The molecule has 2 aliphatic rings. The van der Waals surface area contributed by atoms with Gasteiger partial charge in [0, 0.05) is 22.3 Å². The van der Waals surface area contributed by atoms with E-state index < -0.39 is 24.4 Å². The molecule has 0 aliphatic carbocycles. The van der Waals surface area contributed by atoms with E-state index in [9.17, 15) is 9.59 Å². The van der Waals surface area contributed by atoms with E-state index in [1.807, 2.05) is 0 Å². The van der Waals surface area contributed by atoms with Gasteiger partial charge in [0.15, 0.2) is 12.6 Å². The van der Waals surface area contributed by atoms with Gasteiger partial charge in [0.25, 0.3) is 0 Å². The predicted molar refractivity (Wildman–Crippen MR) is 102 cm³/mol. The van der Waals surface area contributed by atoms with Crippen LogP contribution in [0.5, 0.6) is 0 Å². The van der Waals surface area contributed by atoms with Crippen molar-refractivity contribution in [3.05, 3.63) is 70.8 Å². The quantitative estimate of drug-likeness (QED) is 0.807. The van der Waals surface area contributed by atoms with Gasteiger partial charge in [0.2, 0.25) is 11.8 Å². The molecule has 1 spiro atoms. The molecule has 2 saturated heterocycles. The largest absolute Gasteiger partial charge is 0.366 e. The van der Waals surface area contributed by atoms with E-state index in [1.54, 1.807) is 48.5 Å². The molecule has 0 saturated carbocycles. The Labute approximate surface area is 167 Å². The molecule has 2 heterocycles. The first kappa shape index (κ1) is 19.5. The molecule has 29 heavy (non-hydrogen) atoms. The number of primary amides is 2. The maximum atomic E-state index is 11.2. The molecule has 0 aromatic heterocycles. The highest BCUT2D eigenvalue weighted by Crippen LogP contribution is 2.38. The van der Waals surface area contributed by atoms with Crippen molar-refractivity contribution >= 4 is 11.8 Å². The molecule has 2 aliphatic heterocycles. The van der Waals surface area contributed by atoms with Gasteiger partial charge in [-0.05, 0) is 24.3 Å². The minimum atomic E-state index is -0.512. The summed E-state index contributed by atoms with van der Waals surface area (Å²) in [5.41, 5.74) is 12.6. The number of rotatable bonds is 4. The van der Waals surface area contributed by atoms with E-state index >= 15 is 0 Å². The Morgan fingerprint density at radius 2 is 0.966 bits per heavy atom. The van der Waals surface area contributed by atoms with Crippen molar-refractivity contribution in [2.45, 2.75) is 12.6 Å². The van der Waals surface area contributed by atoms with Gasteiger partial charge in [-0.3, -0.25) is 9.59 Å². The minimum absolute atomic E-state index is 0.382. The van der Waals surface area contributed by atoms with Gasteiger partial charge in [-0.25, -0.2) is 0 Å². The lowest BCUT2D eigenvalue weighted by Crippen LogP contribution is -2.49. The van der Waals surface area contributed by atoms with Crippen LogP contribution in [0.1, 0.15) is 44.4 Å². The summed E-state index contributed by atoms with van der Waals surface area (Å²) < 4.78 is 23.6. The van der Waals surface area contributed by atoms with Crippen molar-refractivity contribution < 1.29 is 28.5 Å². The van der Waals surface area contributed by atoms with Crippen molar-refractivity contribution in [2.24, 2.45) is 16.9 Å². The van der Waals surface area contributed by atoms with Gasteiger partial charge in [-0.1, -0.05) is 24.3 Å². The number of hydrogen-bond acceptors (Lipinski definition) is 6. The molecule has 4 N–H and O–H groups in total. The van der Waals surface area contributed by atoms with Crippen LogP contribution >= 0.6 is 0 Å². The Hall–Kier alpha value is -2.78. The van der Waals surface area contributed by atoms with E-state index in [1.165, 1.54) is 0 Å². The van der Waals surface area contributed by atoms with Crippen molar-refractivity contribution in [1.29, 1.82) is 0 Å². The van der Waals surface area contributed by atoms with Crippen molar-refractivity contribution in [2.75, 3.05) is 26.4 Å². The SMILES string of the molecule is NC(=O)c1ccc(C2OCC3(CO2)COC(c2ccc(C(N)=O)cc2)OC3)cc1. The number of nitrogens with two attached hydrogens (primary N) is 2. The zero-order chi connectivity index (χ0) is 20.4. The fourth-order valence-electron chi connectivity index (χ4n) is 3.35.